The molecule has 1 atom stereocenters. The van der Waals surface area contributed by atoms with Crippen LogP contribution in [0.15, 0.2) is 42.7 Å². The summed E-state index contributed by atoms with van der Waals surface area (Å²) in [4.78, 5) is 13.0. The molecule has 8 heteroatoms. The number of nitrogens with zero attached hydrogens (tertiary/aromatic N) is 4. The van der Waals surface area contributed by atoms with Gasteiger partial charge in [0.15, 0.2) is 0 Å². The lowest BCUT2D eigenvalue weighted by atomic mass is 9.75. The van der Waals surface area contributed by atoms with Crippen molar-refractivity contribution in [2.45, 2.75) is 91.0 Å². The monoisotopic (exact) mass is 630 g/mol. The number of hydrogen-bond acceptors (Lipinski definition) is 7. The molecule has 2 aromatic carbocycles. The van der Waals surface area contributed by atoms with Crippen LogP contribution in [0.4, 0.5) is 11.6 Å². The number of nitrogen functional groups attached to an aromatic ring is 1. The number of halogens is 1. The van der Waals surface area contributed by atoms with Crippen LogP contribution < -0.4 is 10.6 Å². The Balaban J connectivity index is 0.000000279. The minimum atomic E-state index is 0.132. The Hall–Kier alpha value is -3.60. The summed E-state index contributed by atoms with van der Waals surface area (Å²) < 4.78 is 0. The molecule has 3 aromatic rings. The number of nitrogens with two attached hydrogens (primary N) is 1. The molecule has 4 rings (SSSR count). The zero-order valence-electron chi connectivity index (χ0n) is 28.2. The second-order valence-electron chi connectivity index (χ2n) is 12.7. The molecule has 242 valence electrons. The smallest absolute Gasteiger partial charge is 0.144 e. The van der Waals surface area contributed by atoms with E-state index >= 15 is 0 Å². The molecule has 2 heterocycles. The number of phenolic OH excluding ortho intramolecular Hbond substituents is 1. The van der Waals surface area contributed by atoms with Gasteiger partial charge in [-0.15, -0.1) is 0 Å². The summed E-state index contributed by atoms with van der Waals surface area (Å²) in [5.41, 5.74) is 11.3. The zero-order chi connectivity index (χ0) is 33.1. The van der Waals surface area contributed by atoms with E-state index < -0.39 is 0 Å². The lowest BCUT2D eigenvalue weighted by molar-refractivity contribution is 0.252. The van der Waals surface area contributed by atoms with E-state index in [1.54, 1.807) is 6.07 Å². The normalized spacial score (nSPS) is 14.8. The Labute approximate surface area is 275 Å². The third-order valence-corrected chi connectivity index (χ3v) is 9.07. The average molecular weight is 631 g/mol. The number of nitrogens with one attached hydrogen (secondary N) is 1. The first-order valence-electron chi connectivity index (χ1n) is 16.1. The Bertz CT molecular complexity index is 1480. The molecule has 0 aliphatic carbocycles. The molecule has 0 radical (unpaired) electrons. The van der Waals surface area contributed by atoms with Crippen molar-refractivity contribution in [2.24, 2.45) is 0 Å². The number of anilines is 2. The van der Waals surface area contributed by atoms with E-state index in [1.807, 2.05) is 45.2 Å². The summed E-state index contributed by atoms with van der Waals surface area (Å²) in [6, 6.07) is 11.9. The molecule has 1 aliphatic rings. The van der Waals surface area contributed by atoms with E-state index in [9.17, 15) is 5.11 Å². The van der Waals surface area contributed by atoms with Crippen molar-refractivity contribution in [3.63, 3.8) is 0 Å². The van der Waals surface area contributed by atoms with Crippen LogP contribution in [0, 0.1) is 31.1 Å². The molecular formula is C37H51ClN6O. The Morgan fingerprint density at radius 1 is 1.11 bits per heavy atom. The first kappa shape index (κ1) is 35.9. The van der Waals surface area contributed by atoms with Crippen molar-refractivity contribution in [3.8, 4) is 17.6 Å². The predicted octanol–water partition coefficient (Wildman–Crippen LogP) is 7.92. The van der Waals surface area contributed by atoms with E-state index in [0.717, 1.165) is 67.4 Å². The van der Waals surface area contributed by atoms with Gasteiger partial charge in [-0.3, -0.25) is 5.41 Å². The number of aryl methyl sites for hydroxylation is 2. The Morgan fingerprint density at radius 2 is 1.82 bits per heavy atom. The lowest BCUT2D eigenvalue weighted by Crippen LogP contribution is -2.42. The van der Waals surface area contributed by atoms with Gasteiger partial charge in [-0.25, -0.2) is 9.97 Å². The fourth-order valence-corrected chi connectivity index (χ4v) is 6.20. The number of likely N-dealkylation sites (tertiary alicyclic amines) is 1. The van der Waals surface area contributed by atoms with Crippen molar-refractivity contribution in [1.29, 1.82) is 5.41 Å². The number of unbranched alkanes of at least 4 members (excludes halogenated alkanes) is 1. The third-order valence-electron chi connectivity index (χ3n) is 8.86. The van der Waals surface area contributed by atoms with Crippen LogP contribution in [0.2, 0.25) is 5.02 Å². The zero-order valence-corrected chi connectivity index (χ0v) is 28.9. The van der Waals surface area contributed by atoms with Crippen molar-refractivity contribution < 1.29 is 5.11 Å². The molecule has 1 aliphatic heterocycles. The standard InChI is InChI=1S/C22H28N6.C15H23ClO/c1-15-5-6-16(2)17(13-15)7-8-19(23)20-21(24)25-14-26-22(20)28(4)18-9-11-27(3)12-10-18;1-4-6-8-15(3,7-5-2)12-9-13(16)11-14(17)10-12/h5-6,13-14,18,23H,9-12H2,1-4H3,(H2,24,25,26);9-11,17H,4-8H2,1-3H3. The quantitative estimate of drug-likeness (QED) is 0.164. The number of aromatic nitrogens is 2. The largest absolute Gasteiger partial charge is 0.508 e. The molecule has 0 amide bonds. The van der Waals surface area contributed by atoms with E-state index in [1.165, 1.54) is 19.2 Å². The lowest BCUT2D eigenvalue weighted by Gasteiger charge is -2.36. The highest BCUT2D eigenvalue weighted by Crippen LogP contribution is 2.37. The number of hydrogen-bond donors (Lipinski definition) is 3. The first-order chi connectivity index (χ1) is 21.4. The van der Waals surface area contributed by atoms with Crippen LogP contribution in [0.3, 0.4) is 0 Å². The molecule has 7 nitrogen and oxygen atoms in total. The Kier molecular flexibility index (Phi) is 13.3. The van der Waals surface area contributed by atoms with Gasteiger partial charge in [0, 0.05) is 23.7 Å². The van der Waals surface area contributed by atoms with E-state index in [4.69, 9.17) is 22.7 Å². The maximum Gasteiger partial charge on any atom is 0.144 e. The topological polar surface area (TPSA) is 102 Å². The van der Waals surface area contributed by atoms with Crippen LogP contribution in [0.5, 0.6) is 5.75 Å². The molecule has 0 bridgehead atoms. The summed E-state index contributed by atoms with van der Waals surface area (Å²) in [5, 5.41) is 18.8. The van der Waals surface area contributed by atoms with Crippen LogP contribution in [0.25, 0.3) is 0 Å². The summed E-state index contributed by atoms with van der Waals surface area (Å²) in [5.74, 6) is 7.34. The predicted molar refractivity (Wildman–Crippen MR) is 190 cm³/mol. The molecular weight excluding hydrogens is 580 g/mol. The number of piperidine rings is 1. The van der Waals surface area contributed by atoms with Crippen LogP contribution in [0.1, 0.15) is 93.5 Å². The van der Waals surface area contributed by atoms with Crippen molar-refractivity contribution >= 4 is 28.9 Å². The molecule has 1 unspecified atom stereocenters. The van der Waals surface area contributed by atoms with Crippen molar-refractivity contribution in [3.05, 3.63) is 75.6 Å². The summed E-state index contributed by atoms with van der Waals surface area (Å²) in [7, 11) is 4.16. The molecule has 1 aromatic heterocycles. The Morgan fingerprint density at radius 3 is 2.47 bits per heavy atom. The fraction of sp³-hybridized carbons (Fsp3) is 0.486. The first-order valence-corrected chi connectivity index (χ1v) is 16.5. The maximum atomic E-state index is 9.67. The minimum absolute atomic E-state index is 0.132. The highest BCUT2D eigenvalue weighted by molar-refractivity contribution is 6.30. The van der Waals surface area contributed by atoms with Gasteiger partial charge in [0.25, 0.3) is 0 Å². The van der Waals surface area contributed by atoms with Crippen LogP contribution in [-0.2, 0) is 5.41 Å². The molecule has 0 spiro atoms. The average Bonchev–Trinajstić information content (AvgIpc) is 3.00. The van der Waals surface area contributed by atoms with Crippen LogP contribution >= 0.6 is 11.6 Å². The van der Waals surface area contributed by atoms with Gasteiger partial charge in [0.2, 0.25) is 0 Å². The second kappa shape index (κ2) is 16.6. The summed E-state index contributed by atoms with van der Waals surface area (Å²) in [6.45, 7) is 12.8. The van der Waals surface area contributed by atoms with Gasteiger partial charge in [0.05, 0.1) is 5.56 Å². The molecule has 4 N–H and O–H groups in total. The highest BCUT2D eigenvalue weighted by atomic mass is 35.5. The van der Waals surface area contributed by atoms with Gasteiger partial charge >= 0.3 is 0 Å². The molecule has 45 heavy (non-hydrogen) atoms. The highest BCUT2D eigenvalue weighted by Gasteiger charge is 2.27. The molecule has 0 saturated carbocycles. The third kappa shape index (κ3) is 9.94. The van der Waals surface area contributed by atoms with Crippen molar-refractivity contribution in [1.82, 2.24) is 14.9 Å². The van der Waals surface area contributed by atoms with E-state index in [2.05, 4.69) is 65.5 Å². The van der Waals surface area contributed by atoms with Crippen molar-refractivity contribution in [2.75, 3.05) is 37.8 Å². The van der Waals surface area contributed by atoms with Gasteiger partial charge in [-0.1, -0.05) is 69.7 Å². The molecule has 1 fully saturated rings. The maximum absolute atomic E-state index is 9.67. The summed E-state index contributed by atoms with van der Waals surface area (Å²) >= 11 is 6.03. The van der Waals surface area contributed by atoms with E-state index in [-0.39, 0.29) is 16.9 Å². The van der Waals surface area contributed by atoms with Gasteiger partial charge < -0.3 is 20.6 Å². The van der Waals surface area contributed by atoms with Gasteiger partial charge in [-0.05, 0) is 112 Å². The number of aromatic hydroxyl groups is 1. The van der Waals surface area contributed by atoms with Gasteiger partial charge in [-0.2, -0.15) is 0 Å². The fourth-order valence-electron chi connectivity index (χ4n) is 5.97. The van der Waals surface area contributed by atoms with E-state index in [0.29, 0.717) is 28.3 Å². The number of benzene rings is 2. The molecule has 1 saturated heterocycles. The van der Waals surface area contributed by atoms with Gasteiger partial charge in [0.1, 0.15) is 29.4 Å². The number of phenols is 1. The summed E-state index contributed by atoms with van der Waals surface area (Å²) in [6.07, 6.45) is 9.41. The SMILES string of the molecule is CCCCC(C)(CCC)c1cc(O)cc(Cl)c1.Cc1ccc(C)c(C#CC(=N)c2c(N)ncnc2N(C)C2CCN(C)CC2)c1. The van der Waals surface area contributed by atoms with Crippen LogP contribution in [-0.4, -0.2) is 58.9 Å². The second-order valence-corrected chi connectivity index (χ2v) is 13.1. The number of rotatable bonds is 9. The minimum Gasteiger partial charge on any atom is -0.508 e.